The second kappa shape index (κ2) is 8.58. The summed E-state index contributed by atoms with van der Waals surface area (Å²) in [5.41, 5.74) is 3.98. The Kier molecular flexibility index (Phi) is 5.46. The average Bonchev–Trinajstić information content (AvgIpc) is 3.33. The van der Waals surface area contributed by atoms with E-state index in [-0.39, 0.29) is 6.04 Å². The third-order valence-corrected chi connectivity index (χ3v) is 6.12. The number of rotatable bonds is 6. The van der Waals surface area contributed by atoms with Crippen LogP contribution in [0.4, 0.5) is 0 Å². The molecule has 33 heavy (non-hydrogen) atoms. The minimum absolute atomic E-state index is 0.0130. The minimum Gasteiger partial charge on any atom is -0.497 e. The molecule has 3 aromatic carbocycles. The van der Waals surface area contributed by atoms with Crippen LogP contribution in [0, 0.1) is 0 Å². The van der Waals surface area contributed by atoms with E-state index >= 15 is 0 Å². The van der Waals surface area contributed by atoms with Gasteiger partial charge >= 0.3 is 0 Å². The molecule has 2 aliphatic rings. The lowest BCUT2D eigenvalue weighted by Gasteiger charge is -2.38. The van der Waals surface area contributed by atoms with Gasteiger partial charge in [0.25, 0.3) is 0 Å². The Morgan fingerprint density at radius 1 is 0.818 bits per heavy atom. The molecule has 0 unspecified atom stereocenters. The minimum atomic E-state index is -0.401. The van der Waals surface area contributed by atoms with E-state index < -0.39 is 6.23 Å². The molecule has 5 rings (SSSR count). The topological polar surface area (TPSA) is 61.8 Å². The first-order chi connectivity index (χ1) is 16.2. The van der Waals surface area contributed by atoms with Crippen molar-refractivity contribution in [3.63, 3.8) is 0 Å². The van der Waals surface area contributed by atoms with E-state index in [0.29, 0.717) is 17.2 Å². The van der Waals surface area contributed by atoms with Crippen LogP contribution >= 0.6 is 0 Å². The van der Waals surface area contributed by atoms with Gasteiger partial charge in [-0.1, -0.05) is 12.1 Å². The molecule has 2 atom stereocenters. The van der Waals surface area contributed by atoms with Crippen molar-refractivity contribution in [2.24, 2.45) is 5.10 Å². The third-order valence-electron chi connectivity index (χ3n) is 6.12. The Labute approximate surface area is 193 Å². The number of benzene rings is 3. The number of hydrogen-bond donors (Lipinski definition) is 0. The molecule has 0 aromatic heterocycles. The van der Waals surface area contributed by atoms with Crippen LogP contribution in [0.3, 0.4) is 0 Å². The Morgan fingerprint density at radius 3 is 2.27 bits per heavy atom. The molecule has 7 heteroatoms. The molecule has 170 valence electrons. The lowest BCUT2D eigenvalue weighted by Crippen LogP contribution is -2.33. The molecule has 0 amide bonds. The van der Waals surface area contributed by atoms with Crippen molar-refractivity contribution in [1.82, 2.24) is 5.01 Å². The molecular formula is C26H26N2O5. The van der Waals surface area contributed by atoms with Crippen molar-refractivity contribution in [3.05, 3.63) is 77.4 Å². The van der Waals surface area contributed by atoms with Gasteiger partial charge in [0.05, 0.1) is 40.2 Å². The molecule has 2 heterocycles. The van der Waals surface area contributed by atoms with Crippen molar-refractivity contribution in [2.45, 2.75) is 18.7 Å². The largest absolute Gasteiger partial charge is 0.497 e. The molecule has 0 N–H and O–H groups in total. The summed E-state index contributed by atoms with van der Waals surface area (Å²) < 4.78 is 28.3. The van der Waals surface area contributed by atoms with Crippen molar-refractivity contribution < 1.29 is 23.7 Å². The SMILES string of the molecule is COc1ccc([C@H]2Oc3c(OC)cccc3[C@H]3CC(c4ccc(OC)c(OC)c4)=NN32)cc1. The van der Waals surface area contributed by atoms with Gasteiger partial charge in [-0.05, 0) is 48.5 Å². The molecule has 0 bridgehead atoms. The van der Waals surface area contributed by atoms with Crippen LogP contribution in [0.2, 0.25) is 0 Å². The number of hydrogen-bond acceptors (Lipinski definition) is 7. The molecule has 0 saturated carbocycles. The molecule has 0 radical (unpaired) electrons. The van der Waals surface area contributed by atoms with Crippen LogP contribution < -0.4 is 23.7 Å². The second-order valence-electron chi connectivity index (χ2n) is 7.84. The van der Waals surface area contributed by atoms with E-state index in [2.05, 4.69) is 6.07 Å². The van der Waals surface area contributed by atoms with Gasteiger partial charge < -0.3 is 23.7 Å². The predicted molar refractivity (Wildman–Crippen MR) is 125 cm³/mol. The van der Waals surface area contributed by atoms with E-state index in [0.717, 1.165) is 40.3 Å². The fourth-order valence-corrected chi connectivity index (χ4v) is 4.42. The van der Waals surface area contributed by atoms with E-state index in [1.807, 2.05) is 59.6 Å². The molecule has 0 saturated heterocycles. The summed E-state index contributed by atoms with van der Waals surface area (Å²) in [4.78, 5) is 0. The van der Waals surface area contributed by atoms with Gasteiger partial charge in [0.15, 0.2) is 23.0 Å². The van der Waals surface area contributed by atoms with Crippen LogP contribution in [-0.4, -0.2) is 39.2 Å². The first kappa shape index (κ1) is 21.0. The van der Waals surface area contributed by atoms with E-state index in [1.54, 1.807) is 28.4 Å². The maximum atomic E-state index is 6.50. The highest BCUT2D eigenvalue weighted by molar-refractivity contribution is 6.02. The van der Waals surface area contributed by atoms with Gasteiger partial charge in [-0.15, -0.1) is 0 Å². The van der Waals surface area contributed by atoms with Gasteiger partial charge in [0.1, 0.15) is 5.75 Å². The summed E-state index contributed by atoms with van der Waals surface area (Å²) in [6, 6.07) is 19.7. The number of nitrogens with zero attached hydrogens (tertiary/aromatic N) is 2. The zero-order chi connectivity index (χ0) is 22.9. The quantitative estimate of drug-likeness (QED) is 0.533. The number of hydrazone groups is 1. The van der Waals surface area contributed by atoms with Gasteiger partial charge in [0.2, 0.25) is 6.23 Å². The number of fused-ring (bicyclic) bond motifs is 3. The molecule has 7 nitrogen and oxygen atoms in total. The highest BCUT2D eigenvalue weighted by Gasteiger charge is 2.42. The van der Waals surface area contributed by atoms with Crippen molar-refractivity contribution in [3.8, 4) is 28.7 Å². The number of ether oxygens (including phenoxy) is 5. The summed E-state index contributed by atoms with van der Waals surface area (Å²) in [5.74, 6) is 3.62. The highest BCUT2D eigenvalue weighted by Crippen LogP contribution is 2.51. The monoisotopic (exact) mass is 446 g/mol. The maximum absolute atomic E-state index is 6.50. The number of para-hydroxylation sites is 1. The van der Waals surface area contributed by atoms with Gasteiger partial charge in [-0.3, -0.25) is 0 Å². The van der Waals surface area contributed by atoms with Crippen molar-refractivity contribution >= 4 is 5.71 Å². The third kappa shape index (κ3) is 3.59. The molecule has 0 aliphatic carbocycles. The Hall–Kier alpha value is -3.87. The molecular weight excluding hydrogens is 420 g/mol. The summed E-state index contributed by atoms with van der Waals surface area (Å²) in [6.07, 6.45) is 0.327. The summed E-state index contributed by atoms with van der Waals surface area (Å²) in [5, 5.41) is 7.06. The Morgan fingerprint density at radius 2 is 1.58 bits per heavy atom. The summed E-state index contributed by atoms with van der Waals surface area (Å²) in [7, 11) is 6.58. The zero-order valence-electron chi connectivity index (χ0n) is 19.1. The standard InChI is InChI=1S/C26H26N2O5/c1-29-18-11-8-16(9-12-18)26-28-21(19-6-5-7-23(31-3)25(19)33-26)15-20(27-28)17-10-13-22(30-2)24(14-17)32-4/h5-14,21,26H,15H2,1-4H3/t21-,26-/m1/s1. The van der Waals surface area contributed by atoms with Gasteiger partial charge in [-0.25, -0.2) is 5.01 Å². The first-order valence-electron chi connectivity index (χ1n) is 10.7. The Bertz CT molecular complexity index is 1190. The lowest BCUT2D eigenvalue weighted by molar-refractivity contribution is -0.0209. The van der Waals surface area contributed by atoms with Crippen LogP contribution in [0.15, 0.2) is 65.8 Å². The smallest absolute Gasteiger partial charge is 0.214 e. The van der Waals surface area contributed by atoms with Crippen LogP contribution in [0.25, 0.3) is 0 Å². The Balaban J connectivity index is 1.58. The maximum Gasteiger partial charge on any atom is 0.214 e. The van der Waals surface area contributed by atoms with E-state index in [4.69, 9.17) is 28.8 Å². The highest BCUT2D eigenvalue weighted by atomic mass is 16.5. The average molecular weight is 447 g/mol. The normalized spacial score (nSPS) is 18.5. The van der Waals surface area contributed by atoms with Gasteiger partial charge in [0, 0.05) is 23.1 Å². The first-order valence-corrected chi connectivity index (χ1v) is 10.7. The van der Waals surface area contributed by atoms with Crippen LogP contribution in [0.5, 0.6) is 28.7 Å². The summed E-state index contributed by atoms with van der Waals surface area (Å²) >= 11 is 0. The lowest BCUT2D eigenvalue weighted by atomic mass is 9.95. The zero-order valence-corrected chi connectivity index (χ0v) is 19.1. The molecule has 0 spiro atoms. The fourth-order valence-electron chi connectivity index (χ4n) is 4.42. The van der Waals surface area contributed by atoms with E-state index in [9.17, 15) is 0 Å². The van der Waals surface area contributed by atoms with Crippen molar-refractivity contribution in [1.29, 1.82) is 0 Å². The molecule has 0 fully saturated rings. The van der Waals surface area contributed by atoms with Crippen LogP contribution in [0.1, 0.15) is 35.4 Å². The predicted octanol–water partition coefficient (Wildman–Crippen LogP) is 4.96. The number of methoxy groups -OCH3 is 4. The molecule has 2 aliphatic heterocycles. The molecule has 3 aromatic rings. The van der Waals surface area contributed by atoms with E-state index in [1.165, 1.54) is 0 Å². The van der Waals surface area contributed by atoms with Gasteiger partial charge in [-0.2, -0.15) is 5.10 Å². The summed E-state index contributed by atoms with van der Waals surface area (Å²) in [6.45, 7) is 0. The second-order valence-corrected chi connectivity index (χ2v) is 7.84. The fraction of sp³-hybridized carbons (Fsp3) is 0.269. The van der Waals surface area contributed by atoms with Crippen molar-refractivity contribution in [2.75, 3.05) is 28.4 Å². The van der Waals surface area contributed by atoms with Crippen LogP contribution in [-0.2, 0) is 0 Å².